The fourth-order valence-electron chi connectivity index (χ4n) is 3.36. The van der Waals surface area contributed by atoms with Gasteiger partial charge in [0.25, 0.3) is 5.91 Å². The summed E-state index contributed by atoms with van der Waals surface area (Å²) in [4.78, 5) is 38.8. The number of amides is 1. The summed E-state index contributed by atoms with van der Waals surface area (Å²) in [7, 11) is 0. The van der Waals surface area contributed by atoms with Crippen molar-refractivity contribution in [3.8, 4) is 0 Å². The molecule has 0 saturated heterocycles. The van der Waals surface area contributed by atoms with Gasteiger partial charge in [-0.25, -0.2) is 4.79 Å². The Kier molecular flexibility index (Phi) is 5.16. The van der Waals surface area contributed by atoms with E-state index in [9.17, 15) is 14.4 Å². The van der Waals surface area contributed by atoms with Gasteiger partial charge in [-0.15, -0.1) is 0 Å². The van der Waals surface area contributed by atoms with E-state index < -0.39 is 5.97 Å². The number of nitrogens with one attached hydrogen (secondary N) is 2. The Labute approximate surface area is 145 Å². The minimum Gasteiger partial charge on any atom is -0.452 e. The highest BCUT2D eigenvalue weighted by Crippen LogP contribution is 2.23. The van der Waals surface area contributed by atoms with Crippen molar-refractivity contribution in [2.45, 2.75) is 38.6 Å². The maximum atomic E-state index is 12.3. The number of fused-ring (bicyclic) bond motifs is 1. The van der Waals surface area contributed by atoms with Gasteiger partial charge in [0.1, 0.15) is 0 Å². The number of aromatic amines is 1. The lowest BCUT2D eigenvalue weighted by molar-refractivity contribution is -0.125. The number of para-hydroxylation sites is 1. The minimum atomic E-state index is -0.672. The van der Waals surface area contributed by atoms with E-state index in [-0.39, 0.29) is 29.7 Å². The van der Waals surface area contributed by atoms with Gasteiger partial charge in [-0.05, 0) is 24.8 Å². The third kappa shape index (κ3) is 4.07. The van der Waals surface area contributed by atoms with Crippen LogP contribution in [0.3, 0.4) is 0 Å². The maximum Gasteiger partial charge on any atom is 0.339 e. The Morgan fingerprint density at radius 1 is 1.24 bits per heavy atom. The summed E-state index contributed by atoms with van der Waals surface area (Å²) >= 11 is 0. The normalized spacial score (nSPS) is 20.2. The molecular weight excluding hydrogens is 320 g/mol. The lowest BCUT2D eigenvalue weighted by atomic mass is 9.86. The molecule has 6 nitrogen and oxygen atoms in total. The topological polar surface area (TPSA) is 88.3 Å². The minimum absolute atomic E-state index is 0.139. The zero-order valence-corrected chi connectivity index (χ0v) is 14.2. The largest absolute Gasteiger partial charge is 0.452 e. The van der Waals surface area contributed by atoms with Crippen LogP contribution in [0.4, 0.5) is 0 Å². The molecule has 1 saturated carbocycles. The Hall–Kier alpha value is -2.63. The molecule has 1 aromatic heterocycles. The molecule has 0 aliphatic heterocycles. The molecule has 1 aliphatic rings. The van der Waals surface area contributed by atoms with Gasteiger partial charge in [-0.2, -0.15) is 0 Å². The molecular formula is C19H22N2O4. The van der Waals surface area contributed by atoms with Crippen LogP contribution in [0.15, 0.2) is 35.1 Å². The molecule has 2 N–H and O–H groups in total. The first kappa shape index (κ1) is 17.2. The zero-order chi connectivity index (χ0) is 17.8. The van der Waals surface area contributed by atoms with E-state index in [0.29, 0.717) is 16.8 Å². The van der Waals surface area contributed by atoms with Crippen LogP contribution in [0.2, 0.25) is 0 Å². The summed E-state index contributed by atoms with van der Waals surface area (Å²) in [6, 6.07) is 8.32. The molecule has 6 heteroatoms. The SMILES string of the molecule is C[C@@H]1CCCC[C@@H]1NC(=O)COC(=O)c1cc(=O)[nH]c2ccccc12. The molecule has 132 valence electrons. The predicted molar refractivity (Wildman–Crippen MR) is 94.4 cm³/mol. The second kappa shape index (κ2) is 7.51. The van der Waals surface area contributed by atoms with Gasteiger partial charge >= 0.3 is 5.97 Å². The number of carbonyl (C=O) groups excluding carboxylic acids is 2. The van der Waals surface area contributed by atoms with Gasteiger partial charge in [0.15, 0.2) is 6.61 Å². The molecule has 2 aromatic rings. The Bertz CT molecular complexity index is 843. The van der Waals surface area contributed by atoms with Crippen LogP contribution in [0.25, 0.3) is 10.9 Å². The number of carbonyl (C=O) groups is 2. The molecule has 25 heavy (non-hydrogen) atoms. The van der Waals surface area contributed by atoms with Crippen molar-refractivity contribution >= 4 is 22.8 Å². The van der Waals surface area contributed by atoms with Crippen LogP contribution in [-0.2, 0) is 9.53 Å². The Balaban J connectivity index is 1.65. The van der Waals surface area contributed by atoms with Crippen molar-refractivity contribution in [1.29, 1.82) is 0 Å². The van der Waals surface area contributed by atoms with Crippen molar-refractivity contribution < 1.29 is 14.3 Å². The van der Waals surface area contributed by atoms with E-state index in [4.69, 9.17) is 4.74 Å². The van der Waals surface area contributed by atoms with Crippen LogP contribution >= 0.6 is 0 Å². The fraction of sp³-hybridized carbons (Fsp3) is 0.421. The number of rotatable bonds is 4. The summed E-state index contributed by atoms with van der Waals surface area (Å²) in [5, 5.41) is 3.53. The standard InChI is InChI=1S/C19H22N2O4/c1-12-6-2-4-8-15(12)20-18(23)11-25-19(24)14-10-17(22)21-16-9-5-3-7-13(14)16/h3,5,7,9-10,12,15H,2,4,6,8,11H2,1H3,(H,20,23)(H,21,22)/t12-,15+/m1/s1. The molecule has 3 rings (SSSR count). The van der Waals surface area contributed by atoms with Crippen LogP contribution < -0.4 is 10.9 Å². The number of hydrogen-bond donors (Lipinski definition) is 2. The summed E-state index contributed by atoms with van der Waals surface area (Å²) in [5.74, 6) is -0.541. The summed E-state index contributed by atoms with van der Waals surface area (Å²) in [6.07, 6.45) is 4.36. The van der Waals surface area contributed by atoms with Crippen LogP contribution in [-0.4, -0.2) is 29.5 Å². The van der Waals surface area contributed by atoms with E-state index in [0.717, 1.165) is 19.3 Å². The number of aromatic nitrogens is 1. The first-order valence-electron chi connectivity index (χ1n) is 8.63. The van der Waals surface area contributed by atoms with E-state index in [1.807, 2.05) is 0 Å². The summed E-state index contributed by atoms with van der Waals surface area (Å²) < 4.78 is 5.13. The van der Waals surface area contributed by atoms with Gasteiger partial charge in [-0.1, -0.05) is 38.0 Å². The second-order valence-electron chi connectivity index (χ2n) is 6.60. The number of hydrogen-bond acceptors (Lipinski definition) is 4. The number of ether oxygens (including phenoxy) is 1. The Morgan fingerprint density at radius 3 is 2.80 bits per heavy atom. The monoisotopic (exact) mass is 342 g/mol. The molecule has 1 aromatic carbocycles. The molecule has 2 atom stereocenters. The highest BCUT2D eigenvalue weighted by atomic mass is 16.5. The number of H-pyrrole nitrogens is 1. The lowest BCUT2D eigenvalue weighted by Crippen LogP contribution is -2.42. The first-order chi connectivity index (χ1) is 12.0. The predicted octanol–water partition coefficient (Wildman–Crippen LogP) is 2.38. The third-order valence-electron chi connectivity index (χ3n) is 4.76. The van der Waals surface area contributed by atoms with Crippen LogP contribution in [0.5, 0.6) is 0 Å². The average Bonchev–Trinajstić information content (AvgIpc) is 2.61. The van der Waals surface area contributed by atoms with Gasteiger partial charge in [0.2, 0.25) is 5.56 Å². The van der Waals surface area contributed by atoms with Crippen molar-refractivity contribution in [3.05, 3.63) is 46.2 Å². The number of pyridine rings is 1. The second-order valence-corrected chi connectivity index (χ2v) is 6.60. The van der Waals surface area contributed by atoms with Gasteiger partial charge < -0.3 is 15.0 Å². The lowest BCUT2D eigenvalue weighted by Gasteiger charge is -2.29. The molecule has 1 heterocycles. The molecule has 1 amide bonds. The highest BCUT2D eigenvalue weighted by Gasteiger charge is 2.23. The van der Waals surface area contributed by atoms with E-state index in [2.05, 4.69) is 17.2 Å². The average molecular weight is 342 g/mol. The Morgan fingerprint density at radius 2 is 2.00 bits per heavy atom. The van der Waals surface area contributed by atoms with Gasteiger partial charge in [-0.3, -0.25) is 9.59 Å². The third-order valence-corrected chi connectivity index (χ3v) is 4.76. The molecule has 1 fully saturated rings. The molecule has 0 spiro atoms. The summed E-state index contributed by atoms with van der Waals surface area (Å²) in [6.45, 7) is 1.78. The summed E-state index contributed by atoms with van der Waals surface area (Å²) in [5.41, 5.74) is 0.340. The van der Waals surface area contributed by atoms with Crippen LogP contribution in [0.1, 0.15) is 43.0 Å². The maximum absolute atomic E-state index is 12.3. The molecule has 1 aliphatic carbocycles. The van der Waals surface area contributed by atoms with E-state index >= 15 is 0 Å². The van der Waals surface area contributed by atoms with E-state index in [1.165, 1.54) is 12.5 Å². The first-order valence-corrected chi connectivity index (χ1v) is 8.63. The van der Waals surface area contributed by atoms with Crippen molar-refractivity contribution in [2.75, 3.05) is 6.61 Å². The quantitative estimate of drug-likeness (QED) is 0.835. The highest BCUT2D eigenvalue weighted by molar-refractivity contribution is 6.03. The van der Waals surface area contributed by atoms with Crippen molar-refractivity contribution in [2.24, 2.45) is 5.92 Å². The molecule has 0 bridgehead atoms. The molecule has 0 unspecified atom stereocenters. The number of benzene rings is 1. The molecule has 0 radical (unpaired) electrons. The smallest absolute Gasteiger partial charge is 0.339 e. The fourth-order valence-corrected chi connectivity index (χ4v) is 3.36. The van der Waals surface area contributed by atoms with Crippen molar-refractivity contribution in [3.63, 3.8) is 0 Å². The van der Waals surface area contributed by atoms with E-state index in [1.54, 1.807) is 24.3 Å². The van der Waals surface area contributed by atoms with Crippen molar-refractivity contribution in [1.82, 2.24) is 10.3 Å². The van der Waals surface area contributed by atoms with Gasteiger partial charge in [0.05, 0.1) is 5.56 Å². The van der Waals surface area contributed by atoms with Crippen LogP contribution in [0, 0.1) is 5.92 Å². The zero-order valence-electron chi connectivity index (χ0n) is 14.2. The number of esters is 1. The van der Waals surface area contributed by atoms with Gasteiger partial charge in [0, 0.05) is 23.0 Å².